The summed E-state index contributed by atoms with van der Waals surface area (Å²) >= 11 is 7.64. The maximum atomic E-state index is 8.84. The number of nitriles is 1. The highest BCUT2D eigenvalue weighted by atomic mass is 35.5. The number of fused-ring (bicyclic) bond motifs is 1. The summed E-state index contributed by atoms with van der Waals surface area (Å²) in [7, 11) is 0. The number of halogens is 1. The molecule has 0 saturated heterocycles. The molecule has 1 aliphatic rings. The number of aryl methyl sites for hydroxylation is 1. The molecule has 1 aliphatic heterocycles. The van der Waals surface area contributed by atoms with Gasteiger partial charge in [0.2, 0.25) is 0 Å². The van der Waals surface area contributed by atoms with Gasteiger partial charge in [0.1, 0.15) is 11.6 Å². The highest BCUT2D eigenvalue weighted by Gasteiger charge is 2.21. The molecular formula is C9H7ClN2S. The number of thiophene rings is 1. The molecule has 0 aliphatic carbocycles. The normalized spacial score (nSPS) is 19.8. The third-order valence-electron chi connectivity index (χ3n) is 1.90. The predicted octanol–water partition coefficient (Wildman–Crippen LogP) is 2.76. The number of nitrogens with one attached hydrogen (secondary N) is 1. The lowest BCUT2D eigenvalue weighted by atomic mass is 10.1. The zero-order chi connectivity index (χ0) is 9.42. The van der Waals surface area contributed by atoms with Crippen LogP contribution in [0.2, 0.25) is 0 Å². The minimum absolute atomic E-state index is 0.197. The standard InChI is InChI=1S/C9H7ClN2S/c1-5-2-7-8(13-5)6(3-11)4-12-9(7)10/h2,4,9,12H,1H3. The number of rotatable bonds is 0. The fourth-order valence-corrected chi connectivity index (χ4v) is 2.64. The molecule has 2 heterocycles. The Morgan fingerprint density at radius 1 is 1.69 bits per heavy atom. The van der Waals surface area contributed by atoms with Crippen LogP contribution >= 0.6 is 22.9 Å². The van der Waals surface area contributed by atoms with Gasteiger partial charge in [-0.05, 0) is 13.0 Å². The van der Waals surface area contributed by atoms with Crippen molar-refractivity contribution in [2.24, 2.45) is 0 Å². The average molecular weight is 211 g/mol. The van der Waals surface area contributed by atoms with Gasteiger partial charge >= 0.3 is 0 Å². The highest BCUT2D eigenvalue weighted by molar-refractivity contribution is 7.13. The lowest BCUT2D eigenvalue weighted by Gasteiger charge is -2.15. The summed E-state index contributed by atoms with van der Waals surface area (Å²) in [5.74, 6) is 0. The van der Waals surface area contributed by atoms with Crippen LogP contribution in [0.1, 0.15) is 20.8 Å². The minimum atomic E-state index is -0.197. The van der Waals surface area contributed by atoms with Crippen molar-refractivity contribution in [1.82, 2.24) is 5.32 Å². The topological polar surface area (TPSA) is 35.8 Å². The Morgan fingerprint density at radius 2 is 2.46 bits per heavy atom. The van der Waals surface area contributed by atoms with E-state index in [1.807, 2.05) is 13.0 Å². The van der Waals surface area contributed by atoms with Crippen LogP contribution in [0.4, 0.5) is 0 Å². The molecule has 0 saturated carbocycles. The number of nitrogens with zero attached hydrogens (tertiary/aromatic N) is 1. The Kier molecular flexibility index (Phi) is 2.03. The van der Waals surface area contributed by atoms with Crippen LogP contribution in [0.15, 0.2) is 12.3 Å². The molecule has 1 aromatic rings. The van der Waals surface area contributed by atoms with Gasteiger partial charge in [-0.1, -0.05) is 11.6 Å². The first-order valence-electron chi connectivity index (χ1n) is 3.83. The minimum Gasteiger partial charge on any atom is -0.370 e. The second-order valence-corrected chi connectivity index (χ2v) is 4.53. The van der Waals surface area contributed by atoms with Crippen molar-refractivity contribution in [3.63, 3.8) is 0 Å². The fraction of sp³-hybridized carbons (Fsp3) is 0.222. The van der Waals surface area contributed by atoms with Gasteiger partial charge in [0.05, 0.1) is 10.5 Å². The molecule has 0 aromatic carbocycles. The molecule has 0 spiro atoms. The summed E-state index contributed by atoms with van der Waals surface area (Å²) in [6, 6.07) is 4.17. The second-order valence-electron chi connectivity index (χ2n) is 2.84. The second kappa shape index (κ2) is 3.06. The largest absolute Gasteiger partial charge is 0.370 e. The Bertz CT molecular complexity index is 414. The van der Waals surface area contributed by atoms with Crippen LogP contribution < -0.4 is 5.32 Å². The Labute approximate surface area is 85.4 Å². The van der Waals surface area contributed by atoms with E-state index >= 15 is 0 Å². The van der Waals surface area contributed by atoms with Crippen molar-refractivity contribution >= 4 is 28.5 Å². The summed E-state index contributed by atoms with van der Waals surface area (Å²) in [4.78, 5) is 2.18. The summed E-state index contributed by atoms with van der Waals surface area (Å²) in [6.45, 7) is 2.02. The van der Waals surface area contributed by atoms with E-state index in [0.29, 0.717) is 5.57 Å². The van der Waals surface area contributed by atoms with E-state index < -0.39 is 0 Å². The number of allylic oxidation sites excluding steroid dienone is 1. The van der Waals surface area contributed by atoms with Crippen LogP contribution in [0.25, 0.3) is 5.57 Å². The summed E-state index contributed by atoms with van der Waals surface area (Å²) in [5.41, 5.74) is 1.49. The molecule has 66 valence electrons. The van der Waals surface area contributed by atoms with Crippen molar-refractivity contribution in [3.8, 4) is 6.07 Å². The molecule has 2 nitrogen and oxygen atoms in total. The molecule has 13 heavy (non-hydrogen) atoms. The van der Waals surface area contributed by atoms with E-state index in [0.717, 1.165) is 10.4 Å². The SMILES string of the molecule is Cc1cc2c(s1)C(C#N)=CNC2Cl. The molecule has 4 heteroatoms. The Hall–Kier alpha value is -0.980. The van der Waals surface area contributed by atoms with E-state index in [-0.39, 0.29) is 5.50 Å². The van der Waals surface area contributed by atoms with Crippen molar-refractivity contribution in [2.45, 2.75) is 12.4 Å². The van der Waals surface area contributed by atoms with Crippen LogP contribution in [-0.4, -0.2) is 0 Å². The zero-order valence-corrected chi connectivity index (χ0v) is 8.54. The molecule has 0 amide bonds. The highest BCUT2D eigenvalue weighted by Crippen LogP contribution is 2.36. The first kappa shape index (κ1) is 8.61. The lowest BCUT2D eigenvalue weighted by molar-refractivity contribution is 0.823. The van der Waals surface area contributed by atoms with E-state index in [4.69, 9.17) is 16.9 Å². The first-order chi connectivity index (χ1) is 6.22. The summed E-state index contributed by atoms with van der Waals surface area (Å²) in [5, 5.41) is 11.8. The quantitative estimate of drug-likeness (QED) is 0.528. The van der Waals surface area contributed by atoms with Gasteiger partial charge in [-0.25, -0.2) is 0 Å². The van der Waals surface area contributed by atoms with E-state index in [9.17, 15) is 0 Å². The Balaban J connectivity index is 2.59. The molecule has 1 atom stereocenters. The van der Waals surface area contributed by atoms with Gasteiger partial charge in [0.15, 0.2) is 0 Å². The van der Waals surface area contributed by atoms with Gasteiger partial charge in [0.25, 0.3) is 0 Å². The monoisotopic (exact) mass is 210 g/mol. The van der Waals surface area contributed by atoms with Crippen LogP contribution in [0.5, 0.6) is 0 Å². The average Bonchev–Trinajstić information content (AvgIpc) is 2.48. The first-order valence-corrected chi connectivity index (χ1v) is 5.09. The Morgan fingerprint density at radius 3 is 3.15 bits per heavy atom. The molecule has 0 bridgehead atoms. The molecular weight excluding hydrogens is 204 g/mol. The van der Waals surface area contributed by atoms with Crippen molar-refractivity contribution < 1.29 is 0 Å². The summed E-state index contributed by atoms with van der Waals surface area (Å²) < 4.78 is 0. The predicted molar refractivity (Wildman–Crippen MR) is 54.4 cm³/mol. The van der Waals surface area contributed by atoms with E-state index in [1.54, 1.807) is 17.5 Å². The summed E-state index contributed by atoms with van der Waals surface area (Å²) in [6.07, 6.45) is 1.68. The van der Waals surface area contributed by atoms with E-state index in [1.165, 1.54) is 4.88 Å². The van der Waals surface area contributed by atoms with Gasteiger partial charge in [-0.2, -0.15) is 5.26 Å². The molecule has 0 radical (unpaired) electrons. The third-order valence-corrected chi connectivity index (χ3v) is 3.36. The van der Waals surface area contributed by atoms with Crippen molar-refractivity contribution in [1.29, 1.82) is 5.26 Å². The van der Waals surface area contributed by atoms with E-state index in [2.05, 4.69) is 11.4 Å². The lowest BCUT2D eigenvalue weighted by Crippen LogP contribution is -2.14. The molecule has 0 fully saturated rings. The maximum absolute atomic E-state index is 8.84. The third kappa shape index (κ3) is 1.32. The zero-order valence-electron chi connectivity index (χ0n) is 6.97. The van der Waals surface area contributed by atoms with Gasteiger partial charge in [-0.15, -0.1) is 11.3 Å². The van der Waals surface area contributed by atoms with Crippen molar-refractivity contribution in [3.05, 3.63) is 27.6 Å². The number of hydrogen-bond donors (Lipinski definition) is 1. The molecule has 1 aromatic heterocycles. The molecule has 1 unspecified atom stereocenters. The van der Waals surface area contributed by atoms with Crippen LogP contribution in [-0.2, 0) is 0 Å². The van der Waals surface area contributed by atoms with Gasteiger partial charge in [0, 0.05) is 16.6 Å². The molecule has 1 N–H and O–H groups in total. The maximum Gasteiger partial charge on any atom is 0.128 e. The van der Waals surface area contributed by atoms with Gasteiger partial charge in [-0.3, -0.25) is 0 Å². The van der Waals surface area contributed by atoms with Crippen LogP contribution in [0, 0.1) is 18.3 Å². The molecule has 2 rings (SSSR count). The number of alkyl halides is 1. The smallest absolute Gasteiger partial charge is 0.128 e. The van der Waals surface area contributed by atoms with Crippen LogP contribution in [0.3, 0.4) is 0 Å². The van der Waals surface area contributed by atoms with Gasteiger partial charge < -0.3 is 5.32 Å². The van der Waals surface area contributed by atoms with Crippen molar-refractivity contribution in [2.75, 3.05) is 0 Å². The number of hydrogen-bond acceptors (Lipinski definition) is 3. The fourth-order valence-electron chi connectivity index (χ4n) is 1.33.